The molecule has 1 atom stereocenters. The summed E-state index contributed by atoms with van der Waals surface area (Å²) in [6.07, 6.45) is 7.95. The summed E-state index contributed by atoms with van der Waals surface area (Å²) in [6, 6.07) is 11.2. The molecule has 0 fully saturated rings. The second-order valence-electron chi connectivity index (χ2n) is 8.06. The SMILES string of the molecule is COc1cc(C2=CCNC(CCCCc3c[nH]c4ccc(OC(=O)O)cc34)C2)ccc1O. The Morgan fingerprint density at radius 2 is 2.06 bits per heavy atom. The van der Waals surface area contributed by atoms with Gasteiger partial charge in [-0.15, -0.1) is 0 Å². The molecule has 7 nitrogen and oxygen atoms in total. The number of hydrogen-bond donors (Lipinski definition) is 4. The zero-order valence-electron chi connectivity index (χ0n) is 18.1. The largest absolute Gasteiger partial charge is 0.511 e. The van der Waals surface area contributed by atoms with Crippen LogP contribution in [-0.2, 0) is 6.42 Å². The number of hydrogen-bond acceptors (Lipinski definition) is 5. The van der Waals surface area contributed by atoms with Gasteiger partial charge >= 0.3 is 6.16 Å². The van der Waals surface area contributed by atoms with Gasteiger partial charge in [0.1, 0.15) is 5.75 Å². The Bertz CT molecular complexity index is 1130. The molecule has 1 aromatic heterocycles. The standard InChI is InChI=1S/C25H28N2O5/c1-31-24-13-16(6-9-23(24)28)17-10-11-26-19(12-17)5-3-2-4-18-15-27-22-8-7-20(14-21(18)22)32-25(29)30/h6-10,13-15,19,26-28H,2-5,11-12H2,1H3,(H,29,30). The maximum atomic E-state index is 10.8. The molecule has 168 valence electrons. The number of aryl methyl sites for hydroxylation is 1. The van der Waals surface area contributed by atoms with Crippen molar-refractivity contribution in [3.05, 3.63) is 59.8 Å². The first-order valence-corrected chi connectivity index (χ1v) is 10.8. The van der Waals surface area contributed by atoms with E-state index in [1.807, 2.05) is 24.4 Å². The van der Waals surface area contributed by atoms with Crippen LogP contribution < -0.4 is 14.8 Å². The van der Waals surface area contributed by atoms with E-state index in [0.717, 1.165) is 55.1 Å². The monoisotopic (exact) mass is 436 g/mol. The van der Waals surface area contributed by atoms with Gasteiger partial charge < -0.3 is 30.0 Å². The van der Waals surface area contributed by atoms with Crippen LogP contribution in [0.1, 0.15) is 36.8 Å². The molecule has 32 heavy (non-hydrogen) atoms. The molecule has 4 rings (SSSR count). The van der Waals surface area contributed by atoms with Crippen LogP contribution in [-0.4, -0.2) is 41.0 Å². The highest BCUT2D eigenvalue weighted by Gasteiger charge is 2.17. The smallest absolute Gasteiger partial charge is 0.504 e. The molecule has 0 saturated heterocycles. The van der Waals surface area contributed by atoms with Crippen LogP contribution in [0.15, 0.2) is 48.7 Å². The molecule has 1 unspecified atom stereocenters. The summed E-state index contributed by atoms with van der Waals surface area (Å²) in [7, 11) is 1.56. The lowest BCUT2D eigenvalue weighted by molar-refractivity contribution is 0.144. The Labute approximate surface area is 186 Å². The van der Waals surface area contributed by atoms with Gasteiger partial charge in [0.05, 0.1) is 7.11 Å². The zero-order chi connectivity index (χ0) is 22.5. The lowest BCUT2D eigenvalue weighted by Gasteiger charge is -2.25. The van der Waals surface area contributed by atoms with Crippen LogP contribution in [0.3, 0.4) is 0 Å². The fraction of sp³-hybridized carbons (Fsp3) is 0.320. The highest BCUT2D eigenvalue weighted by Crippen LogP contribution is 2.32. The van der Waals surface area contributed by atoms with Gasteiger partial charge in [-0.25, -0.2) is 4.79 Å². The van der Waals surface area contributed by atoms with Crippen molar-refractivity contribution in [3.8, 4) is 17.2 Å². The van der Waals surface area contributed by atoms with Gasteiger partial charge in [-0.3, -0.25) is 0 Å². The van der Waals surface area contributed by atoms with Crippen LogP contribution in [0.2, 0.25) is 0 Å². The number of aromatic amines is 1. The van der Waals surface area contributed by atoms with Crippen molar-refractivity contribution in [2.75, 3.05) is 13.7 Å². The van der Waals surface area contributed by atoms with Crippen LogP contribution in [0.5, 0.6) is 17.2 Å². The Morgan fingerprint density at radius 3 is 2.88 bits per heavy atom. The summed E-state index contributed by atoms with van der Waals surface area (Å²) < 4.78 is 10.0. The van der Waals surface area contributed by atoms with E-state index in [1.54, 1.807) is 25.3 Å². The molecule has 7 heteroatoms. The summed E-state index contributed by atoms with van der Waals surface area (Å²) >= 11 is 0. The van der Waals surface area contributed by atoms with Gasteiger partial charge in [0.2, 0.25) is 0 Å². The van der Waals surface area contributed by atoms with Gasteiger partial charge in [-0.1, -0.05) is 18.6 Å². The molecule has 0 saturated carbocycles. The summed E-state index contributed by atoms with van der Waals surface area (Å²) in [4.78, 5) is 14.0. The summed E-state index contributed by atoms with van der Waals surface area (Å²) in [6.45, 7) is 0.831. The minimum Gasteiger partial charge on any atom is -0.504 e. The molecule has 0 spiro atoms. The molecular weight excluding hydrogens is 408 g/mol. The summed E-state index contributed by atoms with van der Waals surface area (Å²) in [5.74, 6) is 0.984. The van der Waals surface area contributed by atoms with Crippen LogP contribution in [0.25, 0.3) is 16.5 Å². The van der Waals surface area contributed by atoms with Gasteiger partial charge in [0, 0.05) is 29.7 Å². The lowest BCUT2D eigenvalue weighted by atomic mass is 9.92. The van der Waals surface area contributed by atoms with E-state index in [2.05, 4.69) is 16.4 Å². The average molecular weight is 437 g/mol. The molecule has 3 aromatic rings. The predicted octanol–water partition coefficient (Wildman–Crippen LogP) is 5.10. The third kappa shape index (κ3) is 5.06. The first kappa shape index (κ1) is 21.8. The number of fused-ring (bicyclic) bond motifs is 1. The number of rotatable bonds is 8. The third-order valence-electron chi connectivity index (χ3n) is 5.96. The Morgan fingerprint density at radius 1 is 1.19 bits per heavy atom. The maximum Gasteiger partial charge on any atom is 0.511 e. The van der Waals surface area contributed by atoms with Crippen LogP contribution in [0.4, 0.5) is 4.79 Å². The molecule has 1 aliphatic rings. The third-order valence-corrected chi connectivity index (χ3v) is 5.96. The van der Waals surface area contributed by atoms with Crippen molar-refractivity contribution in [3.63, 3.8) is 0 Å². The molecule has 4 N–H and O–H groups in total. The fourth-order valence-electron chi connectivity index (χ4n) is 4.32. The summed E-state index contributed by atoms with van der Waals surface area (Å²) in [5, 5.41) is 23.2. The lowest BCUT2D eigenvalue weighted by Crippen LogP contribution is -2.32. The number of aromatic hydroxyl groups is 1. The van der Waals surface area contributed by atoms with Gasteiger partial charge in [-0.05, 0) is 72.7 Å². The summed E-state index contributed by atoms with van der Waals surface area (Å²) in [5.41, 5.74) is 4.51. The van der Waals surface area contributed by atoms with Crippen molar-refractivity contribution >= 4 is 22.6 Å². The van der Waals surface area contributed by atoms with E-state index < -0.39 is 6.16 Å². The Balaban J connectivity index is 1.31. The number of carbonyl (C=O) groups is 1. The minimum absolute atomic E-state index is 0.154. The molecule has 1 aliphatic heterocycles. The van der Waals surface area contributed by atoms with Gasteiger partial charge in [-0.2, -0.15) is 0 Å². The minimum atomic E-state index is -1.31. The second-order valence-corrected chi connectivity index (χ2v) is 8.06. The first-order chi connectivity index (χ1) is 15.5. The average Bonchev–Trinajstić information content (AvgIpc) is 3.19. The van der Waals surface area contributed by atoms with Crippen molar-refractivity contribution in [1.29, 1.82) is 0 Å². The molecule has 0 bridgehead atoms. The topological polar surface area (TPSA) is 104 Å². The number of aromatic nitrogens is 1. The second kappa shape index (κ2) is 9.78. The molecule has 2 aromatic carbocycles. The molecular formula is C25H28N2O5. The number of unbranched alkanes of at least 4 members (excludes halogenated alkanes) is 1. The van der Waals surface area contributed by atoms with Crippen LogP contribution >= 0.6 is 0 Å². The number of nitrogens with one attached hydrogen (secondary N) is 2. The number of phenols is 1. The van der Waals surface area contributed by atoms with Gasteiger partial charge in [0.15, 0.2) is 11.5 Å². The van der Waals surface area contributed by atoms with Crippen molar-refractivity contribution < 1.29 is 24.5 Å². The van der Waals surface area contributed by atoms with E-state index >= 15 is 0 Å². The first-order valence-electron chi connectivity index (χ1n) is 10.8. The Kier molecular flexibility index (Phi) is 6.66. The Hall–Kier alpha value is -3.45. The number of H-pyrrole nitrogens is 1. The van der Waals surface area contributed by atoms with Gasteiger partial charge in [0.25, 0.3) is 0 Å². The number of carboxylic acid groups (broad SMARTS) is 1. The zero-order valence-corrected chi connectivity index (χ0v) is 18.1. The highest BCUT2D eigenvalue weighted by molar-refractivity contribution is 5.85. The van der Waals surface area contributed by atoms with E-state index in [4.69, 9.17) is 14.6 Å². The van der Waals surface area contributed by atoms with E-state index in [-0.39, 0.29) is 5.75 Å². The van der Waals surface area contributed by atoms with Crippen molar-refractivity contribution in [2.45, 2.75) is 38.1 Å². The predicted molar refractivity (Wildman–Crippen MR) is 124 cm³/mol. The fourth-order valence-corrected chi connectivity index (χ4v) is 4.32. The van der Waals surface area contributed by atoms with E-state index in [9.17, 15) is 9.90 Å². The van der Waals surface area contributed by atoms with Crippen molar-refractivity contribution in [2.24, 2.45) is 0 Å². The number of methoxy groups -OCH3 is 1. The molecule has 0 radical (unpaired) electrons. The van der Waals surface area contributed by atoms with E-state index in [1.165, 1.54) is 11.1 Å². The van der Waals surface area contributed by atoms with E-state index in [0.29, 0.717) is 17.5 Å². The van der Waals surface area contributed by atoms with Crippen molar-refractivity contribution in [1.82, 2.24) is 10.3 Å². The normalized spacial score (nSPS) is 16.0. The van der Waals surface area contributed by atoms with Crippen LogP contribution in [0, 0.1) is 0 Å². The molecule has 0 amide bonds. The number of phenolic OH excluding ortho intramolecular Hbond substituents is 1. The number of benzene rings is 2. The quantitative estimate of drug-likeness (QED) is 0.223. The highest BCUT2D eigenvalue weighted by atomic mass is 16.7. The molecule has 2 heterocycles. The number of ether oxygens (including phenoxy) is 2. The molecule has 0 aliphatic carbocycles. The maximum absolute atomic E-state index is 10.8.